The molecule has 1 amide bonds. The number of aliphatic hydroxyl groups is 1. The van der Waals surface area contributed by atoms with E-state index in [1.54, 1.807) is 36.7 Å². The minimum atomic E-state index is -1.31. The summed E-state index contributed by atoms with van der Waals surface area (Å²) in [6.45, 7) is 3.82. The summed E-state index contributed by atoms with van der Waals surface area (Å²) in [5.41, 5.74) is -1.24. The third-order valence-electron chi connectivity index (χ3n) is 4.62. The first-order valence-electron chi connectivity index (χ1n) is 8.02. The molecule has 3 heterocycles. The van der Waals surface area contributed by atoms with E-state index in [-0.39, 0.29) is 12.5 Å². The fourth-order valence-electron chi connectivity index (χ4n) is 3.42. The van der Waals surface area contributed by atoms with Gasteiger partial charge < -0.3 is 10.0 Å². The summed E-state index contributed by atoms with van der Waals surface area (Å²) in [5, 5.41) is 15.0. The molecule has 1 saturated heterocycles. The predicted molar refractivity (Wildman–Crippen MR) is 89.4 cm³/mol. The van der Waals surface area contributed by atoms with Gasteiger partial charge in [-0.15, -0.1) is 0 Å². The second-order valence-electron chi connectivity index (χ2n) is 6.71. The molecule has 9 nitrogen and oxygen atoms in total. The van der Waals surface area contributed by atoms with Crippen LogP contribution in [0.5, 0.6) is 0 Å². The summed E-state index contributed by atoms with van der Waals surface area (Å²) in [4.78, 5) is 39.7. The molecule has 1 aliphatic rings. The van der Waals surface area contributed by atoms with Crippen LogP contribution in [-0.2, 0) is 7.05 Å². The van der Waals surface area contributed by atoms with Crippen LogP contribution in [0.1, 0.15) is 35.4 Å². The molecular formula is C16H21N5O4. The quantitative estimate of drug-likeness (QED) is 0.754. The maximum atomic E-state index is 12.7. The summed E-state index contributed by atoms with van der Waals surface area (Å²) < 4.78 is 2.89. The fourth-order valence-corrected chi connectivity index (χ4v) is 3.42. The minimum absolute atomic E-state index is 0.0798. The average molecular weight is 347 g/mol. The second kappa shape index (κ2) is 5.99. The molecule has 2 N–H and O–H groups in total. The highest BCUT2D eigenvalue weighted by atomic mass is 16.3. The van der Waals surface area contributed by atoms with Crippen LogP contribution in [0.25, 0.3) is 0 Å². The number of nitrogens with zero attached hydrogens (tertiary/aromatic N) is 4. The Morgan fingerprint density at radius 2 is 2.16 bits per heavy atom. The number of aryl methyl sites for hydroxylation is 2. The summed E-state index contributed by atoms with van der Waals surface area (Å²) in [6, 6.07) is 0.712. The zero-order valence-electron chi connectivity index (χ0n) is 14.4. The molecule has 2 atom stereocenters. The molecule has 3 rings (SSSR count). The highest BCUT2D eigenvalue weighted by Gasteiger charge is 2.41. The molecule has 0 unspecified atom stereocenters. The molecule has 1 aliphatic heterocycles. The summed E-state index contributed by atoms with van der Waals surface area (Å²) in [5.74, 6) is -0.196. The van der Waals surface area contributed by atoms with Crippen molar-refractivity contribution in [2.75, 3.05) is 13.1 Å². The van der Waals surface area contributed by atoms with Crippen molar-refractivity contribution in [1.82, 2.24) is 24.2 Å². The fraction of sp³-hybridized carbons (Fsp3) is 0.500. The van der Waals surface area contributed by atoms with Crippen LogP contribution >= 0.6 is 0 Å². The smallest absolute Gasteiger partial charge is 0.328 e. The number of amides is 1. The molecule has 0 bridgehead atoms. The van der Waals surface area contributed by atoms with Crippen molar-refractivity contribution in [3.63, 3.8) is 0 Å². The van der Waals surface area contributed by atoms with Crippen molar-refractivity contribution >= 4 is 5.91 Å². The lowest BCUT2D eigenvalue weighted by Crippen LogP contribution is -2.56. The average Bonchev–Trinajstić information content (AvgIpc) is 2.85. The van der Waals surface area contributed by atoms with Gasteiger partial charge >= 0.3 is 5.69 Å². The zero-order chi connectivity index (χ0) is 18.4. The number of β-amino-alcohol motifs (C(OH)–C–C–N with tert-alkyl or cyclic N) is 1. The molecular weight excluding hydrogens is 326 g/mol. The summed E-state index contributed by atoms with van der Waals surface area (Å²) in [6.07, 6.45) is 3.43. The van der Waals surface area contributed by atoms with E-state index in [1.807, 2.05) is 0 Å². The first kappa shape index (κ1) is 17.2. The van der Waals surface area contributed by atoms with Gasteiger partial charge in [0.1, 0.15) is 5.60 Å². The first-order valence-corrected chi connectivity index (χ1v) is 8.02. The summed E-state index contributed by atoms with van der Waals surface area (Å²) >= 11 is 0. The summed E-state index contributed by atoms with van der Waals surface area (Å²) in [7, 11) is 1.74. The predicted octanol–water partition coefficient (Wildman–Crippen LogP) is -0.583. The second-order valence-corrected chi connectivity index (χ2v) is 6.71. The van der Waals surface area contributed by atoms with Crippen molar-refractivity contribution in [3.05, 3.63) is 50.6 Å². The lowest BCUT2D eigenvalue weighted by atomic mass is 9.88. The van der Waals surface area contributed by atoms with Gasteiger partial charge in [-0.1, -0.05) is 0 Å². The Hall–Kier alpha value is -2.68. The SMILES string of the molecule is Cc1nn(C)cc1C(=O)N1CC[C@@H](n2ccc(=O)[nH]c2=O)[C@](C)(O)C1. The van der Waals surface area contributed by atoms with Crippen LogP contribution in [0.15, 0.2) is 28.0 Å². The number of aromatic nitrogens is 4. The number of carbonyl (C=O) groups excluding carboxylic acids is 1. The molecule has 9 heteroatoms. The van der Waals surface area contributed by atoms with Crippen LogP contribution < -0.4 is 11.2 Å². The molecule has 134 valence electrons. The molecule has 0 spiro atoms. The molecule has 0 saturated carbocycles. The minimum Gasteiger partial charge on any atom is -0.386 e. The monoisotopic (exact) mass is 347 g/mol. The number of piperidine rings is 1. The van der Waals surface area contributed by atoms with Crippen LogP contribution in [0.3, 0.4) is 0 Å². The topological polar surface area (TPSA) is 113 Å². The Kier molecular flexibility index (Phi) is 4.11. The van der Waals surface area contributed by atoms with Crippen molar-refractivity contribution in [2.24, 2.45) is 7.05 Å². The molecule has 2 aromatic rings. The number of nitrogens with one attached hydrogen (secondary N) is 1. The standard InChI is InChI=1S/C16H21N5O4/c1-10-11(8-19(3)18-10)14(23)20-6-4-12(16(2,25)9-20)21-7-5-13(22)17-15(21)24/h5,7-8,12,25H,4,6,9H2,1-3H3,(H,17,22,24)/t12-,16-/m1/s1. The van der Waals surface area contributed by atoms with E-state index in [0.717, 1.165) is 0 Å². The number of rotatable bonds is 2. The van der Waals surface area contributed by atoms with Gasteiger partial charge in [0, 0.05) is 32.1 Å². The third kappa shape index (κ3) is 3.14. The van der Waals surface area contributed by atoms with E-state index in [0.29, 0.717) is 24.2 Å². The molecule has 0 aromatic carbocycles. The van der Waals surface area contributed by atoms with E-state index < -0.39 is 22.9 Å². The highest BCUT2D eigenvalue weighted by molar-refractivity contribution is 5.95. The van der Waals surface area contributed by atoms with Gasteiger partial charge in [-0.25, -0.2) is 4.79 Å². The van der Waals surface area contributed by atoms with E-state index in [9.17, 15) is 19.5 Å². The van der Waals surface area contributed by atoms with E-state index in [1.165, 1.54) is 16.8 Å². The van der Waals surface area contributed by atoms with Crippen LogP contribution in [0.4, 0.5) is 0 Å². The zero-order valence-corrected chi connectivity index (χ0v) is 14.4. The Labute approximate surface area is 143 Å². The third-order valence-corrected chi connectivity index (χ3v) is 4.62. The van der Waals surface area contributed by atoms with E-state index in [2.05, 4.69) is 10.1 Å². The number of hydrogen-bond donors (Lipinski definition) is 2. The first-order chi connectivity index (χ1) is 11.7. The van der Waals surface area contributed by atoms with Gasteiger partial charge in [-0.05, 0) is 20.3 Å². The van der Waals surface area contributed by atoms with Crippen LogP contribution in [0.2, 0.25) is 0 Å². The van der Waals surface area contributed by atoms with Crippen molar-refractivity contribution in [1.29, 1.82) is 0 Å². The Bertz CT molecular complexity index is 923. The van der Waals surface area contributed by atoms with E-state index >= 15 is 0 Å². The Balaban J connectivity index is 1.85. The van der Waals surface area contributed by atoms with Gasteiger partial charge in [-0.3, -0.25) is 23.8 Å². The Morgan fingerprint density at radius 3 is 2.72 bits per heavy atom. The van der Waals surface area contributed by atoms with Crippen LogP contribution in [0, 0.1) is 6.92 Å². The van der Waals surface area contributed by atoms with Gasteiger partial charge in [0.25, 0.3) is 11.5 Å². The number of aromatic amines is 1. The van der Waals surface area contributed by atoms with Gasteiger partial charge in [-0.2, -0.15) is 5.10 Å². The molecule has 0 radical (unpaired) electrons. The van der Waals surface area contributed by atoms with Crippen LogP contribution in [-0.4, -0.2) is 53.9 Å². The lowest BCUT2D eigenvalue weighted by Gasteiger charge is -2.43. The molecule has 0 aliphatic carbocycles. The maximum absolute atomic E-state index is 12.7. The number of likely N-dealkylation sites (tertiary alicyclic amines) is 1. The van der Waals surface area contributed by atoms with Crippen molar-refractivity contribution in [2.45, 2.75) is 31.9 Å². The number of carbonyl (C=O) groups is 1. The molecule has 1 fully saturated rings. The van der Waals surface area contributed by atoms with Gasteiger partial charge in [0.15, 0.2) is 0 Å². The normalized spacial score (nSPS) is 23.7. The van der Waals surface area contributed by atoms with Crippen molar-refractivity contribution in [3.8, 4) is 0 Å². The Morgan fingerprint density at radius 1 is 1.44 bits per heavy atom. The molecule has 25 heavy (non-hydrogen) atoms. The van der Waals surface area contributed by atoms with Gasteiger partial charge in [0.2, 0.25) is 0 Å². The number of hydrogen-bond acceptors (Lipinski definition) is 5. The maximum Gasteiger partial charge on any atom is 0.328 e. The largest absolute Gasteiger partial charge is 0.386 e. The van der Waals surface area contributed by atoms with E-state index in [4.69, 9.17) is 0 Å². The number of H-pyrrole nitrogens is 1. The highest BCUT2D eigenvalue weighted by Crippen LogP contribution is 2.31. The van der Waals surface area contributed by atoms with Crippen molar-refractivity contribution < 1.29 is 9.90 Å². The van der Waals surface area contributed by atoms with Gasteiger partial charge in [0.05, 0.1) is 23.8 Å². The lowest BCUT2D eigenvalue weighted by molar-refractivity contribution is -0.0504. The molecule has 2 aromatic heterocycles.